The molecule has 0 aliphatic carbocycles. The minimum absolute atomic E-state index is 0.0312. The van der Waals surface area contributed by atoms with Crippen LogP contribution in [0.4, 0.5) is 0 Å². The van der Waals surface area contributed by atoms with Crippen molar-refractivity contribution < 1.29 is 18.9 Å². The first kappa shape index (κ1) is 27.3. The molecule has 1 aliphatic heterocycles. The zero-order valence-corrected chi connectivity index (χ0v) is 20.8. The summed E-state index contributed by atoms with van der Waals surface area (Å²) < 4.78 is 24.3. The van der Waals surface area contributed by atoms with E-state index < -0.39 is 0 Å². The number of benzene rings is 1. The highest BCUT2D eigenvalue weighted by atomic mass is 16.7. The van der Waals surface area contributed by atoms with Gasteiger partial charge in [-0.3, -0.25) is 0 Å². The molecule has 0 saturated carbocycles. The van der Waals surface area contributed by atoms with Crippen molar-refractivity contribution in [1.82, 2.24) is 0 Å². The zero-order chi connectivity index (χ0) is 22.7. The van der Waals surface area contributed by atoms with Crippen LogP contribution >= 0.6 is 0 Å². The highest BCUT2D eigenvalue weighted by Crippen LogP contribution is 2.36. The fourth-order valence-electron chi connectivity index (χ4n) is 4.20. The first-order chi connectivity index (χ1) is 15.8. The lowest BCUT2D eigenvalue weighted by Crippen LogP contribution is -2.42. The minimum atomic E-state index is -0.255. The summed E-state index contributed by atoms with van der Waals surface area (Å²) >= 11 is 0. The Morgan fingerprint density at radius 2 is 1.31 bits per heavy atom. The van der Waals surface area contributed by atoms with Crippen LogP contribution in [-0.4, -0.2) is 39.6 Å². The van der Waals surface area contributed by atoms with E-state index >= 15 is 0 Å². The van der Waals surface area contributed by atoms with Gasteiger partial charge in [0.05, 0.1) is 19.8 Å². The third kappa shape index (κ3) is 11.3. The van der Waals surface area contributed by atoms with Gasteiger partial charge in [0.25, 0.3) is 0 Å². The van der Waals surface area contributed by atoms with Crippen LogP contribution in [-0.2, 0) is 18.9 Å². The Kier molecular flexibility index (Phi) is 15.0. The molecule has 0 spiro atoms. The Morgan fingerprint density at radius 1 is 0.719 bits per heavy atom. The fourth-order valence-corrected chi connectivity index (χ4v) is 4.20. The van der Waals surface area contributed by atoms with Gasteiger partial charge < -0.3 is 18.9 Å². The molecule has 4 heteroatoms. The predicted molar refractivity (Wildman–Crippen MR) is 132 cm³/mol. The van der Waals surface area contributed by atoms with Crippen LogP contribution in [0.2, 0.25) is 0 Å². The van der Waals surface area contributed by atoms with Crippen molar-refractivity contribution in [3.05, 3.63) is 35.9 Å². The fraction of sp³-hybridized carbons (Fsp3) is 0.786. The second-order valence-corrected chi connectivity index (χ2v) is 9.46. The Balaban J connectivity index is 1.71. The van der Waals surface area contributed by atoms with E-state index in [1.165, 1.54) is 51.4 Å². The molecule has 1 aliphatic rings. The SMILES string of the molecule is CCCCCCCCOCC1(CCCCCOCCCC)COC(c2ccccc2)OC1. The largest absolute Gasteiger partial charge is 0.381 e. The molecule has 1 fully saturated rings. The molecule has 0 amide bonds. The highest BCUT2D eigenvalue weighted by molar-refractivity contribution is 5.16. The third-order valence-electron chi connectivity index (χ3n) is 6.34. The third-order valence-corrected chi connectivity index (χ3v) is 6.34. The summed E-state index contributed by atoms with van der Waals surface area (Å²) in [6.07, 6.45) is 14.4. The molecule has 1 saturated heterocycles. The van der Waals surface area contributed by atoms with Gasteiger partial charge in [0.15, 0.2) is 6.29 Å². The molecule has 0 bridgehead atoms. The Bertz CT molecular complexity index is 518. The van der Waals surface area contributed by atoms with E-state index in [-0.39, 0.29) is 11.7 Å². The highest BCUT2D eigenvalue weighted by Gasteiger charge is 2.37. The van der Waals surface area contributed by atoms with Crippen molar-refractivity contribution in [2.75, 3.05) is 39.6 Å². The second kappa shape index (κ2) is 17.5. The molecule has 32 heavy (non-hydrogen) atoms. The molecule has 0 unspecified atom stereocenters. The second-order valence-electron chi connectivity index (χ2n) is 9.46. The summed E-state index contributed by atoms with van der Waals surface area (Å²) in [4.78, 5) is 0. The average Bonchev–Trinajstić information content (AvgIpc) is 2.83. The van der Waals surface area contributed by atoms with Gasteiger partial charge in [0, 0.05) is 30.8 Å². The lowest BCUT2D eigenvalue weighted by atomic mass is 9.84. The molecule has 4 nitrogen and oxygen atoms in total. The predicted octanol–water partition coefficient (Wildman–Crippen LogP) is 7.47. The number of hydrogen-bond acceptors (Lipinski definition) is 4. The van der Waals surface area contributed by atoms with E-state index in [0.29, 0.717) is 13.2 Å². The van der Waals surface area contributed by atoms with Crippen molar-refractivity contribution in [3.63, 3.8) is 0 Å². The standard InChI is InChI=1S/C28H48O4/c1-3-5-7-8-9-15-22-30-23-28(19-14-11-16-21-29-20-6-4-2)24-31-27(32-25-28)26-17-12-10-13-18-26/h10,12-13,17-18,27H,3-9,11,14-16,19-25H2,1-2H3. The Morgan fingerprint density at radius 3 is 2.03 bits per heavy atom. The van der Waals surface area contributed by atoms with Crippen LogP contribution in [0.3, 0.4) is 0 Å². The van der Waals surface area contributed by atoms with Gasteiger partial charge in [-0.25, -0.2) is 0 Å². The maximum Gasteiger partial charge on any atom is 0.183 e. The minimum Gasteiger partial charge on any atom is -0.381 e. The van der Waals surface area contributed by atoms with Gasteiger partial charge in [-0.15, -0.1) is 0 Å². The molecular weight excluding hydrogens is 400 g/mol. The Hall–Kier alpha value is -0.940. The number of rotatable bonds is 19. The number of ether oxygens (including phenoxy) is 4. The topological polar surface area (TPSA) is 36.9 Å². The van der Waals surface area contributed by atoms with Crippen molar-refractivity contribution in [1.29, 1.82) is 0 Å². The molecule has 0 N–H and O–H groups in total. The number of hydrogen-bond donors (Lipinski definition) is 0. The van der Waals surface area contributed by atoms with Crippen LogP contribution in [0.15, 0.2) is 30.3 Å². The first-order valence-electron chi connectivity index (χ1n) is 13.2. The molecular formula is C28H48O4. The summed E-state index contributed by atoms with van der Waals surface area (Å²) in [5, 5.41) is 0. The summed E-state index contributed by atoms with van der Waals surface area (Å²) in [6, 6.07) is 10.3. The van der Waals surface area contributed by atoms with Crippen LogP contribution in [0.25, 0.3) is 0 Å². The van der Waals surface area contributed by atoms with Gasteiger partial charge in [-0.05, 0) is 25.7 Å². The van der Waals surface area contributed by atoms with Gasteiger partial charge in [-0.1, -0.05) is 95.5 Å². The van der Waals surface area contributed by atoms with Gasteiger partial charge in [0.1, 0.15) is 0 Å². The molecule has 184 valence electrons. The van der Waals surface area contributed by atoms with E-state index in [2.05, 4.69) is 26.0 Å². The first-order valence-corrected chi connectivity index (χ1v) is 13.2. The monoisotopic (exact) mass is 448 g/mol. The van der Waals surface area contributed by atoms with E-state index in [1.807, 2.05) is 18.2 Å². The molecule has 0 atom stereocenters. The molecule has 0 aromatic heterocycles. The van der Waals surface area contributed by atoms with E-state index in [4.69, 9.17) is 18.9 Å². The van der Waals surface area contributed by atoms with Crippen LogP contribution in [0.1, 0.15) is 103 Å². The van der Waals surface area contributed by atoms with Crippen LogP contribution < -0.4 is 0 Å². The molecule has 1 aromatic carbocycles. The maximum absolute atomic E-state index is 6.20. The summed E-state index contributed by atoms with van der Waals surface area (Å²) in [7, 11) is 0. The quantitative estimate of drug-likeness (QED) is 0.206. The molecule has 2 rings (SSSR count). The molecule has 1 heterocycles. The lowest BCUT2D eigenvalue weighted by molar-refractivity contribution is -0.246. The molecule has 1 aromatic rings. The maximum atomic E-state index is 6.20. The lowest BCUT2D eigenvalue weighted by Gasteiger charge is -2.40. The summed E-state index contributed by atoms with van der Waals surface area (Å²) in [6.45, 7) is 9.23. The molecule has 0 radical (unpaired) electrons. The summed E-state index contributed by atoms with van der Waals surface area (Å²) in [5.74, 6) is 0. The van der Waals surface area contributed by atoms with Gasteiger partial charge >= 0.3 is 0 Å². The van der Waals surface area contributed by atoms with E-state index in [1.54, 1.807) is 0 Å². The van der Waals surface area contributed by atoms with Crippen LogP contribution in [0.5, 0.6) is 0 Å². The normalized spacial score (nSPS) is 21.1. The van der Waals surface area contributed by atoms with Gasteiger partial charge in [0.2, 0.25) is 0 Å². The van der Waals surface area contributed by atoms with Crippen LogP contribution in [0, 0.1) is 5.41 Å². The van der Waals surface area contributed by atoms with E-state index in [9.17, 15) is 0 Å². The van der Waals surface area contributed by atoms with Crippen molar-refractivity contribution in [3.8, 4) is 0 Å². The zero-order valence-electron chi connectivity index (χ0n) is 20.8. The van der Waals surface area contributed by atoms with E-state index in [0.717, 1.165) is 57.7 Å². The van der Waals surface area contributed by atoms with Gasteiger partial charge in [-0.2, -0.15) is 0 Å². The smallest absolute Gasteiger partial charge is 0.183 e. The van der Waals surface area contributed by atoms with Crippen molar-refractivity contribution in [2.24, 2.45) is 5.41 Å². The average molecular weight is 449 g/mol. The van der Waals surface area contributed by atoms with Crippen molar-refractivity contribution >= 4 is 0 Å². The summed E-state index contributed by atoms with van der Waals surface area (Å²) in [5.41, 5.74) is 1.06. The number of unbranched alkanes of at least 4 members (excludes halogenated alkanes) is 8. The Labute approximate surface area is 197 Å². The van der Waals surface area contributed by atoms with Crippen molar-refractivity contribution in [2.45, 2.75) is 97.2 Å².